The second-order valence-corrected chi connectivity index (χ2v) is 6.57. The molecule has 2 atom stereocenters. The molecule has 2 heterocycles. The van der Waals surface area contributed by atoms with E-state index in [1.165, 1.54) is 5.56 Å². The van der Waals surface area contributed by atoms with Gasteiger partial charge in [-0.1, -0.05) is 30.3 Å². The third-order valence-electron chi connectivity index (χ3n) is 4.84. The van der Waals surface area contributed by atoms with Gasteiger partial charge in [-0.05, 0) is 12.5 Å². The molecule has 2 fully saturated rings. The summed E-state index contributed by atoms with van der Waals surface area (Å²) in [6.45, 7) is 8.92. The molecule has 0 aliphatic carbocycles. The molecule has 0 aromatic heterocycles. The molecule has 0 bridgehead atoms. The largest absolute Gasteiger partial charge is 0.383 e. The molecule has 146 valence electrons. The highest BCUT2D eigenvalue weighted by atomic mass is 127. The number of ether oxygens (including phenoxy) is 2. The Balaban J connectivity index is 0.00000243. The molecule has 0 spiro atoms. The maximum atomic E-state index is 6.06. The Morgan fingerprint density at radius 1 is 1.31 bits per heavy atom. The molecule has 0 amide bonds. The number of aliphatic imine (C=N–C) groups is 1. The number of hydrogen-bond acceptors (Lipinski definition) is 4. The second-order valence-electron chi connectivity index (χ2n) is 6.57. The molecular weight excluding hydrogens is 443 g/mol. The van der Waals surface area contributed by atoms with Crippen LogP contribution in [0, 0.1) is 0 Å². The van der Waals surface area contributed by atoms with Crippen LogP contribution in [0.3, 0.4) is 0 Å². The smallest absolute Gasteiger partial charge is 0.194 e. The van der Waals surface area contributed by atoms with Gasteiger partial charge >= 0.3 is 0 Å². The molecule has 2 saturated heterocycles. The topological polar surface area (TPSA) is 49.3 Å². The minimum atomic E-state index is 0. The molecule has 2 unspecified atom stereocenters. The zero-order valence-corrected chi connectivity index (χ0v) is 18.1. The van der Waals surface area contributed by atoms with Crippen molar-refractivity contribution in [1.29, 1.82) is 0 Å². The standard InChI is InChI=1S/C19H30N4O2.HI/c1-3-20-19(21-9-11-24-2)23-14-17-18(15-23)25-12-10-22(17)13-16-7-5-4-6-8-16;/h4-8,17-18H,3,9-15H2,1-2H3,(H,20,21);1H. The number of morpholine rings is 1. The van der Waals surface area contributed by atoms with Gasteiger partial charge in [-0.3, -0.25) is 9.89 Å². The third kappa shape index (κ3) is 5.55. The zero-order valence-electron chi connectivity index (χ0n) is 15.8. The minimum absolute atomic E-state index is 0. The first-order valence-electron chi connectivity index (χ1n) is 9.23. The van der Waals surface area contributed by atoms with E-state index in [-0.39, 0.29) is 30.1 Å². The fraction of sp³-hybridized carbons (Fsp3) is 0.632. The number of benzene rings is 1. The molecule has 2 aliphatic rings. The van der Waals surface area contributed by atoms with E-state index >= 15 is 0 Å². The highest BCUT2D eigenvalue weighted by molar-refractivity contribution is 14.0. The number of nitrogens with zero attached hydrogens (tertiary/aromatic N) is 3. The molecule has 7 heteroatoms. The predicted octanol–water partition coefficient (Wildman–Crippen LogP) is 1.80. The van der Waals surface area contributed by atoms with Gasteiger partial charge in [0.1, 0.15) is 0 Å². The molecule has 26 heavy (non-hydrogen) atoms. The van der Waals surface area contributed by atoms with Crippen molar-refractivity contribution in [3.05, 3.63) is 35.9 Å². The number of halogens is 1. The first-order valence-corrected chi connectivity index (χ1v) is 9.23. The van der Waals surface area contributed by atoms with Crippen molar-refractivity contribution in [2.75, 3.05) is 53.0 Å². The number of guanidine groups is 1. The third-order valence-corrected chi connectivity index (χ3v) is 4.84. The lowest BCUT2D eigenvalue weighted by Crippen LogP contribution is -2.50. The predicted molar refractivity (Wildman–Crippen MR) is 115 cm³/mol. The van der Waals surface area contributed by atoms with E-state index in [1.807, 2.05) is 0 Å². The van der Waals surface area contributed by atoms with Gasteiger partial charge in [-0.25, -0.2) is 0 Å². The lowest BCUT2D eigenvalue weighted by Gasteiger charge is -2.36. The first kappa shape index (κ1) is 21.4. The monoisotopic (exact) mass is 474 g/mol. The highest BCUT2D eigenvalue weighted by Crippen LogP contribution is 2.24. The van der Waals surface area contributed by atoms with Crippen molar-refractivity contribution in [3.8, 4) is 0 Å². The Bertz CT molecular complexity index is 558. The Morgan fingerprint density at radius 3 is 2.85 bits per heavy atom. The van der Waals surface area contributed by atoms with Crippen LogP contribution in [0.5, 0.6) is 0 Å². The van der Waals surface area contributed by atoms with E-state index in [9.17, 15) is 0 Å². The van der Waals surface area contributed by atoms with Gasteiger partial charge in [0.05, 0.1) is 31.9 Å². The number of likely N-dealkylation sites (tertiary alicyclic amines) is 1. The van der Waals surface area contributed by atoms with Crippen molar-refractivity contribution in [2.24, 2.45) is 4.99 Å². The average molecular weight is 474 g/mol. The maximum absolute atomic E-state index is 6.06. The van der Waals surface area contributed by atoms with Gasteiger partial charge in [-0.2, -0.15) is 0 Å². The van der Waals surface area contributed by atoms with Gasteiger partial charge in [0.15, 0.2) is 5.96 Å². The second kappa shape index (κ2) is 11.1. The Hall–Kier alpha value is -0.900. The molecule has 0 radical (unpaired) electrons. The van der Waals surface area contributed by atoms with Gasteiger partial charge in [0.25, 0.3) is 0 Å². The SMILES string of the molecule is CCNC(=NCCOC)N1CC2OCCN(Cc3ccccc3)C2C1.I. The van der Waals surface area contributed by atoms with E-state index in [1.54, 1.807) is 7.11 Å². The Kier molecular flexibility index (Phi) is 9.10. The van der Waals surface area contributed by atoms with Crippen molar-refractivity contribution < 1.29 is 9.47 Å². The van der Waals surface area contributed by atoms with Crippen molar-refractivity contribution in [2.45, 2.75) is 25.6 Å². The Labute approximate surface area is 173 Å². The first-order chi connectivity index (χ1) is 12.3. The fourth-order valence-corrected chi connectivity index (χ4v) is 3.61. The van der Waals surface area contributed by atoms with Crippen LogP contribution < -0.4 is 5.32 Å². The summed E-state index contributed by atoms with van der Waals surface area (Å²) >= 11 is 0. The summed E-state index contributed by atoms with van der Waals surface area (Å²) in [5.74, 6) is 0.970. The van der Waals surface area contributed by atoms with E-state index in [0.717, 1.165) is 45.3 Å². The minimum Gasteiger partial charge on any atom is -0.383 e. The Morgan fingerprint density at radius 2 is 2.12 bits per heavy atom. The molecule has 3 rings (SSSR count). The summed E-state index contributed by atoms with van der Waals surface area (Å²) < 4.78 is 11.2. The van der Waals surface area contributed by atoms with Crippen LogP contribution in [0.25, 0.3) is 0 Å². The molecule has 2 aliphatic heterocycles. The normalized spacial score (nSPS) is 23.5. The van der Waals surface area contributed by atoms with E-state index in [2.05, 4.69) is 57.4 Å². The van der Waals surface area contributed by atoms with Crippen LogP contribution in [-0.4, -0.2) is 81.0 Å². The molecule has 0 saturated carbocycles. The van der Waals surface area contributed by atoms with Gasteiger partial charge in [-0.15, -0.1) is 24.0 Å². The van der Waals surface area contributed by atoms with Gasteiger partial charge < -0.3 is 19.7 Å². The summed E-state index contributed by atoms with van der Waals surface area (Å²) in [6.07, 6.45) is 0.253. The summed E-state index contributed by atoms with van der Waals surface area (Å²) in [7, 11) is 1.71. The van der Waals surface area contributed by atoms with Crippen LogP contribution in [0.4, 0.5) is 0 Å². The molecule has 1 aromatic carbocycles. The van der Waals surface area contributed by atoms with Crippen LogP contribution in [-0.2, 0) is 16.0 Å². The molecule has 6 nitrogen and oxygen atoms in total. The quantitative estimate of drug-likeness (QED) is 0.295. The molecule has 1 aromatic rings. The fourth-order valence-electron chi connectivity index (χ4n) is 3.61. The average Bonchev–Trinajstić information content (AvgIpc) is 3.07. The van der Waals surface area contributed by atoms with Crippen molar-refractivity contribution >= 4 is 29.9 Å². The van der Waals surface area contributed by atoms with Gasteiger partial charge in [0.2, 0.25) is 0 Å². The lowest BCUT2D eigenvalue weighted by molar-refractivity contribution is -0.0502. The molecular formula is C19H31IN4O2. The van der Waals surface area contributed by atoms with Gasteiger partial charge in [0, 0.05) is 39.8 Å². The number of methoxy groups -OCH3 is 1. The van der Waals surface area contributed by atoms with E-state index in [0.29, 0.717) is 19.2 Å². The van der Waals surface area contributed by atoms with Crippen LogP contribution in [0.1, 0.15) is 12.5 Å². The highest BCUT2D eigenvalue weighted by Gasteiger charge is 2.41. The zero-order chi connectivity index (χ0) is 17.5. The number of nitrogens with one attached hydrogen (secondary N) is 1. The molecule has 1 N–H and O–H groups in total. The van der Waals surface area contributed by atoms with E-state index < -0.39 is 0 Å². The number of rotatable bonds is 6. The van der Waals surface area contributed by atoms with Crippen LogP contribution >= 0.6 is 24.0 Å². The van der Waals surface area contributed by atoms with Crippen LogP contribution in [0.15, 0.2) is 35.3 Å². The van der Waals surface area contributed by atoms with Crippen molar-refractivity contribution in [1.82, 2.24) is 15.1 Å². The summed E-state index contributed by atoms with van der Waals surface area (Å²) in [5.41, 5.74) is 1.36. The van der Waals surface area contributed by atoms with E-state index in [4.69, 9.17) is 9.47 Å². The number of hydrogen-bond donors (Lipinski definition) is 1. The summed E-state index contributed by atoms with van der Waals surface area (Å²) in [6, 6.07) is 11.1. The number of fused-ring (bicyclic) bond motifs is 1. The summed E-state index contributed by atoms with van der Waals surface area (Å²) in [4.78, 5) is 9.57. The summed E-state index contributed by atoms with van der Waals surface area (Å²) in [5, 5.41) is 3.40. The van der Waals surface area contributed by atoms with Crippen molar-refractivity contribution in [3.63, 3.8) is 0 Å². The maximum Gasteiger partial charge on any atom is 0.194 e. The van der Waals surface area contributed by atoms with Crippen LogP contribution in [0.2, 0.25) is 0 Å². The lowest BCUT2D eigenvalue weighted by atomic mass is 10.1.